The first-order valence-electron chi connectivity index (χ1n) is 4.94. The van der Waals surface area contributed by atoms with Gasteiger partial charge in [-0.25, -0.2) is 0 Å². The molecule has 0 aliphatic carbocycles. The van der Waals surface area contributed by atoms with Crippen molar-refractivity contribution in [3.8, 4) is 11.3 Å². The van der Waals surface area contributed by atoms with Crippen molar-refractivity contribution in [2.24, 2.45) is 0 Å². The topological polar surface area (TPSA) is 32.9 Å². The fourth-order valence-corrected chi connectivity index (χ4v) is 1.73. The molecular weight excluding hydrogens is 267 g/mol. The zero-order valence-corrected chi connectivity index (χ0v) is 9.64. The molecule has 2 rings (SSSR count). The lowest BCUT2D eigenvalue weighted by Gasteiger charge is -2.10. The van der Waals surface area contributed by atoms with E-state index in [1.165, 1.54) is 18.2 Å². The van der Waals surface area contributed by atoms with Crippen LogP contribution in [0.5, 0.6) is 0 Å². The quantitative estimate of drug-likeness (QED) is 0.844. The van der Waals surface area contributed by atoms with Crippen LogP contribution in [0.25, 0.3) is 11.3 Å². The van der Waals surface area contributed by atoms with Gasteiger partial charge in [-0.1, -0.05) is 17.7 Å². The van der Waals surface area contributed by atoms with E-state index >= 15 is 0 Å². The van der Waals surface area contributed by atoms with Crippen molar-refractivity contribution in [2.45, 2.75) is 6.18 Å². The number of pyridine rings is 1. The Morgan fingerprint density at radius 1 is 1.11 bits per heavy atom. The van der Waals surface area contributed by atoms with Gasteiger partial charge < -0.3 is 4.98 Å². The fraction of sp³-hybridized carbons (Fsp3) is 0.0833. The normalized spacial score (nSPS) is 11.6. The van der Waals surface area contributed by atoms with Crippen molar-refractivity contribution in [2.75, 3.05) is 0 Å². The first-order chi connectivity index (χ1) is 8.38. The van der Waals surface area contributed by atoms with E-state index in [0.29, 0.717) is 0 Å². The van der Waals surface area contributed by atoms with Crippen LogP contribution in [-0.4, -0.2) is 4.98 Å². The summed E-state index contributed by atoms with van der Waals surface area (Å²) in [7, 11) is 0. The van der Waals surface area contributed by atoms with Crippen LogP contribution in [-0.2, 0) is 6.18 Å². The molecule has 0 amide bonds. The first-order valence-corrected chi connectivity index (χ1v) is 5.32. The molecule has 0 spiro atoms. The second-order valence-corrected chi connectivity index (χ2v) is 4.03. The number of H-pyrrole nitrogens is 1. The Kier molecular flexibility index (Phi) is 3.17. The highest BCUT2D eigenvalue weighted by Crippen LogP contribution is 2.34. The number of aromatic nitrogens is 1. The summed E-state index contributed by atoms with van der Waals surface area (Å²) in [6, 6.07) is 7.17. The van der Waals surface area contributed by atoms with Crippen LogP contribution in [0.15, 0.2) is 41.2 Å². The Morgan fingerprint density at radius 3 is 2.44 bits per heavy atom. The molecule has 0 bridgehead atoms. The molecule has 6 heteroatoms. The minimum atomic E-state index is -4.45. The van der Waals surface area contributed by atoms with E-state index < -0.39 is 17.3 Å². The van der Waals surface area contributed by atoms with E-state index in [2.05, 4.69) is 4.98 Å². The second-order valence-electron chi connectivity index (χ2n) is 3.62. The lowest BCUT2D eigenvalue weighted by atomic mass is 10.1. The Labute approximate surface area is 105 Å². The molecule has 18 heavy (non-hydrogen) atoms. The first kappa shape index (κ1) is 12.7. The second kappa shape index (κ2) is 4.49. The van der Waals surface area contributed by atoms with Crippen LogP contribution in [0, 0.1) is 0 Å². The van der Waals surface area contributed by atoms with E-state index in [-0.39, 0.29) is 16.3 Å². The van der Waals surface area contributed by atoms with Crippen LogP contribution in [0.2, 0.25) is 5.02 Å². The maximum absolute atomic E-state index is 12.6. The number of aromatic amines is 1. The van der Waals surface area contributed by atoms with Crippen LogP contribution < -0.4 is 5.56 Å². The molecule has 1 heterocycles. The smallest absolute Gasteiger partial charge is 0.322 e. The van der Waals surface area contributed by atoms with Gasteiger partial charge in [-0.15, -0.1) is 0 Å². The van der Waals surface area contributed by atoms with Gasteiger partial charge in [0.25, 0.3) is 0 Å². The number of halogens is 4. The molecule has 0 radical (unpaired) electrons. The van der Waals surface area contributed by atoms with E-state index in [0.717, 1.165) is 18.2 Å². The van der Waals surface area contributed by atoms with Gasteiger partial charge in [0.15, 0.2) is 0 Å². The van der Waals surface area contributed by atoms with Crippen molar-refractivity contribution in [1.29, 1.82) is 0 Å². The van der Waals surface area contributed by atoms with Crippen molar-refractivity contribution in [3.05, 3.63) is 57.3 Å². The van der Waals surface area contributed by atoms with E-state index in [9.17, 15) is 18.0 Å². The van der Waals surface area contributed by atoms with Crippen molar-refractivity contribution in [3.63, 3.8) is 0 Å². The van der Waals surface area contributed by atoms with Gasteiger partial charge in [0.1, 0.15) is 0 Å². The summed E-state index contributed by atoms with van der Waals surface area (Å²) in [4.78, 5) is 13.6. The summed E-state index contributed by atoms with van der Waals surface area (Å²) in [5.41, 5.74) is -0.824. The Hall–Kier alpha value is -1.75. The van der Waals surface area contributed by atoms with Gasteiger partial charge in [-0.2, -0.15) is 13.2 Å². The fourth-order valence-electron chi connectivity index (χ4n) is 1.51. The molecule has 0 fully saturated rings. The molecular formula is C12H7ClF3NO. The third-order valence-electron chi connectivity index (χ3n) is 2.35. The standard InChI is InChI=1S/C12H7ClF3NO/c13-9-5-4-7(12(14,15)16)6-8(9)10-2-1-3-11(18)17-10/h1-6H,(H,17,18). The number of benzene rings is 1. The highest BCUT2D eigenvalue weighted by molar-refractivity contribution is 6.33. The van der Waals surface area contributed by atoms with E-state index in [1.807, 2.05) is 0 Å². The molecule has 0 aliphatic heterocycles. The van der Waals surface area contributed by atoms with Crippen LogP contribution in [0.3, 0.4) is 0 Å². The Bertz CT molecular complexity index is 634. The molecule has 0 unspecified atom stereocenters. The number of rotatable bonds is 1. The summed E-state index contributed by atoms with van der Waals surface area (Å²) in [5.74, 6) is 0. The summed E-state index contributed by atoms with van der Waals surface area (Å²) < 4.78 is 37.7. The maximum Gasteiger partial charge on any atom is 0.416 e. The molecule has 1 aromatic carbocycles. The van der Waals surface area contributed by atoms with Gasteiger partial charge in [0.2, 0.25) is 5.56 Å². The molecule has 0 atom stereocenters. The van der Waals surface area contributed by atoms with Crippen LogP contribution in [0.4, 0.5) is 13.2 Å². The molecule has 0 saturated heterocycles. The number of hydrogen-bond donors (Lipinski definition) is 1. The molecule has 1 N–H and O–H groups in total. The summed E-state index contributed by atoms with van der Waals surface area (Å²) in [5, 5.41) is 0.143. The van der Waals surface area contributed by atoms with Crippen molar-refractivity contribution < 1.29 is 13.2 Å². The summed E-state index contributed by atoms with van der Waals surface area (Å²) in [6.45, 7) is 0. The molecule has 1 aromatic heterocycles. The van der Waals surface area contributed by atoms with Gasteiger partial charge in [0, 0.05) is 22.3 Å². The minimum absolute atomic E-state index is 0.143. The lowest BCUT2D eigenvalue weighted by molar-refractivity contribution is -0.137. The highest BCUT2D eigenvalue weighted by atomic mass is 35.5. The van der Waals surface area contributed by atoms with E-state index in [1.54, 1.807) is 0 Å². The predicted octanol–water partition coefficient (Wildman–Crippen LogP) is 3.71. The lowest BCUT2D eigenvalue weighted by Crippen LogP contribution is -2.07. The zero-order chi connectivity index (χ0) is 13.3. The zero-order valence-electron chi connectivity index (χ0n) is 8.88. The third kappa shape index (κ3) is 2.56. The molecule has 0 aliphatic rings. The molecule has 2 aromatic rings. The van der Waals surface area contributed by atoms with Gasteiger partial charge >= 0.3 is 6.18 Å². The van der Waals surface area contributed by atoms with Crippen molar-refractivity contribution in [1.82, 2.24) is 4.98 Å². The van der Waals surface area contributed by atoms with Gasteiger partial charge in [-0.05, 0) is 24.3 Å². The Morgan fingerprint density at radius 2 is 1.83 bits per heavy atom. The highest BCUT2D eigenvalue weighted by Gasteiger charge is 2.31. The predicted molar refractivity (Wildman–Crippen MR) is 62.5 cm³/mol. The molecule has 94 valence electrons. The average molecular weight is 274 g/mol. The number of alkyl halides is 3. The SMILES string of the molecule is O=c1cccc(-c2cc(C(F)(F)F)ccc2Cl)[nH]1. The Balaban J connectivity index is 2.60. The largest absolute Gasteiger partial charge is 0.416 e. The summed E-state index contributed by atoms with van der Waals surface area (Å²) >= 11 is 5.84. The van der Waals surface area contributed by atoms with Gasteiger partial charge in [0.05, 0.1) is 5.56 Å². The summed E-state index contributed by atoms with van der Waals surface area (Å²) in [6.07, 6.45) is -4.45. The maximum atomic E-state index is 12.6. The molecule has 2 nitrogen and oxygen atoms in total. The van der Waals surface area contributed by atoms with Crippen molar-refractivity contribution >= 4 is 11.6 Å². The minimum Gasteiger partial charge on any atom is -0.322 e. The van der Waals surface area contributed by atoms with Crippen LogP contribution in [0.1, 0.15) is 5.56 Å². The number of nitrogens with one attached hydrogen (secondary N) is 1. The van der Waals surface area contributed by atoms with Crippen LogP contribution >= 0.6 is 11.6 Å². The van der Waals surface area contributed by atoms with Gasteiger partial charge in [-0.3, -0.25) is 4.79 Å². The molecule has 0 saturated carbocycles. The van der Waals surface area contributed by atoms with E-state index in [4.69, 9.17) is 11.6 Å². The average Bonchev–Trinajstić information content (AvgIpc) is 2.28. The number of hydrogen-bond acceptors (Lipinski definition) is 1. The third-order valence-corrected chi connectivity index (χ3v) is 2.68. The monoisotopic (exact) mass is 273 g/mol.